The van der Waals surface area contributed by atoms with Gasteiger partial charge in [0.25, 0.3) is 0 Å². The van der Waals surface area contributed by atoms with E-state index in [0.29, 0.717) is 47.2 Å². The summed E-state index contributed by atoms with van der Waals surface area (Å²) in [6.07, 6.45) is 10.2. The Bertz CT molecular complexity index is 1700. The molecular weight excluding hydrogens is 526 g/mol. The van der Waals surface area contributed by atoms with Crippen LogP contribution in [-0.4, -0.2) is 66.6 Å². The molecule has 0 bridgehead atoms. The second kappa shape index (κ2) is 10.6. The molecule has 0 radical (unpaired) electrons. The van der Waals surface area contributed by atoms with Crippen molar-refractivity contribution in [1.82, 2.24) is 34.8 Å². The third kappa shape index (κ3) is 4.73. The Balaban J connectivity index is 1.26. The van der Waals surface area contributed by atoms with E-state index in [2.05, 4.69) is 35.5 Å². The molecule has 41 heavy (non-hydrogen) atoms. The number of pyridine rings is 1. The molecule has 0 atom stereocenters. The summed E-state index contributed by atoms with van der Waals surface area (Å²) in [5.41, 5.74) is 0.479. The maximum atomic E-state index is 16.3. The molecule has 0 unspecified atom stereocenters. The van der Waals surface area contributed by atoms with Crippen molar-refractivity contribution in [3.05, 3.63) is 66.6 Å². The van der Waals surface area contributed by atoms with Crippen LogP contribution in [0.2, 0.25) is 0 Å². The average Bonchev–Trinajstić information content (AvgIpc) is 3.73. The van der Waals surface area contributed by atoms with Crippen LogP contribution in [0.4, 0.5) is 14.6 Å². The Labute approximate surface area is 235 Å². The van der Waals surface area contributed by atoms with Crippen LogP contribution in [0.1, 0.15) is 32.1 Å². The zero-order chi connectivity index (χ0) is 27.8. The smallest absolute Gasteiger partial charge is 0.319 e. The first-order valence-electron chi connectivity index (χ1n) is 14.1. The predicted molar refractivity (Wildman–Crippen MR) is 152 cm³/mol. The number of halogens is 2. The minimum Gasteiger partial charge on any atom is -0.461 e. The summed E-state index contributed by atoms with van der Waals surface area (Å²) in [5, 5.41) is 12.6. The lowest BCUT2D eigenvalue weighted by Gasteiger charge is -2.31. The van der Waals surface area contributed by atoms with E-state index >= 15 is 4.39 Å². The van der Waals surface area contributed by atoms with E-state index in [1.54, 1.807) is 53.6 Å². The number of benzene rings is 2. The Morgan fingerprint density at radius 2 is 1.85 bits per heavy atom. The molecule has 2 saturated heterocycles. The van der Waals surface area contributed by atoms with Crippen LogP contribution < -0.4 is 10.1 Å². The highest BCUT2D eigenvalue weighted by molar-refractivity contribution is 5.99. The topological polar surface area (TPSA) is 93.9 Å². The van der Waals surface area contributed by atoms with Crippen molar-refractivity contribution in [1.29, 1.82) is 0 Å². The van der Waals surface area contributed by atoms with Crippen molar-refractivity contribution in [2.45, 2.75) is 44.2 Å². The van der Waals surface area contributed by atoms with Crippen molar-refractivity contribution in [3.63, 3.8) is 0 Å². The maximum absolute atomic E-state index is 16.3. The molecule has 9 nitrogen and oxygen atoms in total. The third-order valence-electron chi connectivity index (χ3n) is 8.38. The van der Waals surface area contributed by atoms with Gasteiger partial charge in [0.1, 0.15) is 29.5 Å². The lowest BCUT2D eigenvalue weighted by atomic mass is 9.95. The highest BCUT2D eigenvalue weighted by Crippen LogP contribution is 2.39. The van der Waals surface area contributed by atoms with Gasteiger partial charge >= 0.3 is 6.01 Å². The minimum absolute atomic E-state index is 0.00780. The molecule has 5 aromatic rings. The molecule has 210 valence electrons. The fraction of sp³-hybridized carbons (Fsp3) is 0.367. The Hall–Kier alpha value is -4.25. The number of fused-ring (bicyclic) bond motifs is 3. The maximum Gasteiger partial charge on any atom is 0.319 e. The summed E-state index contributed by atoms with van der Waals surface area (Å²) in [6, 6.07) is 10.2. The summed E-state index contributed by atoms with van der Waals surface area (Å²) in [6.45, 7) is 3.83. The van der Waals surface area contributed by atoms with Gasteiger partial charge in [0.05, 0.1) is 17.1 Å². The van der Waals surface area contributed by atoms with Gasteiger partial charge in [-0.1, -0.05) is 35.5 Å². The molecule has 7 rings (SSSR count). The summed E-state index contributed by atoms with van der Waals surface area (Å²) >= 11 is 0. The van der Waals surface area contributed by atoms with E-state index in [-0.39, 0.29) is 22.8 Å². The van der Waals surface area contributed by atoms with Gasteiger partial charge in [0, 0.05) is 36.4 Å². The van der Waals surface area contributed by atoms with Crippen LogP contribution in [0.5, 0.6) is 6.01 Å². The van der Waals surface area contributed by atoms with Crippen LogP contribution in [0.25, 0.3) is 32.9 Å². The number of nitrogens with zero attached hydrogens (tertiary/aromatic N) is 7. The molecule has 0 amide bonds. The molecule has 5 heterocycles. The molecule has 2 fully saturated rings. The number of ether oxygens (including phenoxy) is 1. The van der Waals surface area contributed by atoms with Gasteiger partial charge in [-0.05, 0) is 56.6 Å². The standard InChI is InChI=1S/C30H30F2N8O/c31-23-9-2-7-20-6-1-8-21(24(20)23)26-25(32)27-22(18-34-26)28(33-12-5-16-40-17-13-35-38-40)37-29(36-27)41-19-30-10-3-14-39(30)15-4-11-30/h1-2,6-9,13,17-18H,3-5,10-12,14-16,19H2,(H,33,36,37). The summed E-state index contributed by atoms with van der Waals surface area (Å²) in [4.78, 5) is 16.1. The van der Waals surface area contributed by atoms with E-state index in [1.807, 2.05) is 0 Å². The van der Waals surface area contributed by atoms with Gasteiger partial charge in [-0.2, -0.15) is 9.97 Å². The van der Waals surface area contributed by atoms with E-state index in [1.165, 1.54) is 6.07 Å². The molecule has 2 aliphatic rings. The van der Waals surface area contributed by atoms with Crippen LogP contribution in [0.3, 0.4) is 0 Å². The zero-order valence-corrected chi connectivity index (χ0v) is 22.6. The average molecular weight is 557 g/mol. The van der Waals surface area contributed by atoms with Gasteiger partial charge in [-0.3, -0.25) is 14.6 Å². The van der Waals surface area contributed by atoms with Gasteiger partial charge in [0.2, 0.25) is 0 Å². The molecule has 1 N–H and O–H groups in total. The molecular formula is C30H30F2N8O. The normalized spacial score (nSPS) is 16.4. The Kier molecular flexibility index (Phi) is 6.66. The first-order valence-corrected chi connectivity index (χ1v) is 14.1. The summed E-state index contributed by atoms with van der Waals surface area (Å²) in [7, 11) is 0. The fourth-order valence-corrected chi connectivity index (χ4v) is 6.38. The number of nitrogens with one attached hydrogen (secondary N) is 1. The first kappa shape index (κ1) is 25.7. The Morgan fingerprint density at radius 1 is 1.02 bits per heavy atom. The van der Waals surface area contributed by atoms with E-state index < -0.39 is 11.6 Å². The largest absolute Gasteiger partial charge is 0.461 e. The second-order valence-electron chi connectivity index (χ2n) is 10.8. The lowest BCUT2D eigenvalue weighted by molar-refractivity contribution is 0.108. The van der Waals surface area contributed by atoms with Crippen molar-refractivity contribution in [3.8, 4) is 17.3 Å². The first-order chi connectivity index (χ1) is 20.1. The SMILES string of the molecule is Fc1c(-c2cccc3cccc(F)c23)ncc2c(NCCCn3ccnn3)nc(OCC34CCCN3CCC4)nc12. The zero-order valence-electron chi connectivity index (χ0n) is 22.6. The van der Waals surface area contributed by atoms with E-state index in [4.69, 9.17) is 4.74 Å². The molecule has 0 aliphatic carbocycles. The molecule has 0 spiro atoms. The predicted octanol–water partition coefficient (Wildman–Crippen LogP) is 5.22. The van der Waals surface area contributed by atoms with Crippen molar-refractivity contribution in [2.24, 2.45) is 0 Å². The fourth-order valence-electron chi connectivity index (χ4n) is 6.38. The molecule has 0 saturated carbocycles. The molecule has 11 heteroatoms. The minimum atomic E-state index is -0.641. The monoisotopic (exact) mass is 556 g/mol. The summed E-state index contributed by atoms with van der Waals surface area (Å²) in [5.74, 6) is -0.631. The van der Waals surface area contributed by atoms with Gasteiger partial charge in [-0.15, -0.1) is 5.10 Å². The molecule has 2 aromatic carbocycles. The lowest BCUT2D eigenvalue weighted by Crippen LogP contribution is -2.43. The van der Waals surface area contributed by atoms with Crippen molar-refractivity contribution >= 4 is 27.5 Å². The van der Waals surface area contributed by atoms with Crippen LogP contribution in [-0.2, 0) is 6.54 Å². The Morgan fingerprint density at radius 3 is 2.66 bits per heavy atom. The van der Waals surface area contributed by atoms with Gasteiger partial charge < -0.3 is 10.1 Å². The van der Waals surface area contributed by atoms with Gasteiger partial charge in [0.15, 0.2) is 5.82 Å². The van der Waals surface area contributed by atoms with Crippen LogP contribution in [0.15, 0.2) is 55.0 Å². The molecule has 3 aromatic heterocycles. The van der Waals surface area contributed by atoms with Crippen LogP contribution >= 0.6 is 0 Å². The number of rotatable bonds is 9. The van der Waals surface area contributed by atoms with Crippen molar-refractivity contribution in [2.75, 3.05) is 31.6 Å². The number of hydrogen-bond acceptors (Lipinski definition) is 8. The van der Waals surface area contributed by atoms with Crippen LogP contribution in [0, 0.1) is 11.6 Å². The van der Waals surface area contributed by atoms with Crippen molar-refractivity contribution < 1.29 is 13.5 Å². The van der Waals surface area contributed by atoms with Gasteiger partial charge in [-0.25, -0.2) is 8.78 Å². The second-order valence-corrected chi connectivity index (χ2v) is 10.8. The highest BCUT2D eigenvalue weighted by atomic mass is 19.1. The number of anilines is 1. The quantitative estimate of drug-likeness (QED) is 0.247. The van der Waals surface area contributed by atoms with E-state index in [0.717, 1.165) is 45.2 Å². The number of aromatic nitrogens is 6. The third-order valence-corrected chi connectivity index (χ3v) is 8.38. The number of aryl methyl sites for hydroxylation is 1. The van der Waals surface area contributed by atoms with E-state index in [9.17, 15) is 4.39 Å². The molecule has 2 aliphatic heterocycles. The summed E-state index contributed by atoms with van der Waals surface area (Å²) < 4.78 is 39.2. The highest BCUT2D eigenvalue weighted by Gasteiger charge is 2.45. The number of hydrogen-bond donors (Lipinski definition) is 1.